The van der Waals surface area contributed by atoms with Crippen molar-refractivity contribution >= 4 is 67.8 Å². The van der Waals surface area contributed by atoms with Crippen LogP contribution in [0.25, 0.3) is 15.8 Å². The molecule has 1 heterocycles. The molecular formula is C26H18ClF3N4OS2. The molecule has 4 rings (SSSR count). The molecule has 0 radical (unpaired) electrons. The lowest BCUT2D eigenvalue weighted by molar-refractivity contribution is -0.137. The lowest BCUT2D eigenvalue weighted by Gasteiger charge is -2.16. The van der Waals surface area contributed by atoms with Gasteiger partial charge in [-0.2, -0.15) is 18.4 Å². The number of allylic oxidation sites excluding steroid dienone is 1. The number of thioether (sulfide) groups is 1. The second-order valence-electron chi connectivity index (χ2n) is 7.77. The van der Waals surface area contributed by atoms with E-state index in [1.54, 1.807) is 18.2 Å². The first kappa shape index (κ1) is 26.5. The van der Waals surface area contributed by atoms with Crippen molar-refractivity contribution in [1.82, 2.24) is 4.98 Å². The number of hydrogen-bond donors (Lipinski definition) is 2. The zero-order chi connectivity index (χ0) is 26.6. The van der Waals surface area contributed by atoms with Crippen LogP contribution >= 0.6 is 34.7 Å². The summed E-state index contributed by atoms with van der Waals surface area (Å²) in [7, 11) is 0. The highest BCUT2D eigenvalue weighted by molar-refractivity contribution is 8.04. The molecule has 0 bridgehead atoms. The molecule has 0 aliphatic rings. The van der Waals surface area contributed by atoms with Gasteiger partial charge in [-0.3, -0.25) is 4.79 Å². The maximum Gasteiger partial charge on any atom is 0.416 e. The molecule has 37 heavy (non-hydrogen) atoms. The number of benzene rings is 3. The molecule has 0 saturated carbocycles. The van der Waals surface area contributed by atoms with Crippen molar-refractivity contribution in [3.8, 4) is 6.07 Å². The average Bonchev–Trinajstić information content (AvgIpc) is 3.28. The number of alkyl halides is 3. The molecule has 188 valence electrons. The van der Waals surface area contributed by atoms with Crippen LogP contribution in [0.15, 0.2) is 71.8 Å². The molecule has 4 aromatic rings. The number of amides is 1. The van der Waals surface area contributed by atoms with Crippen LogP contribution in [0.1, 0.15) is 16.1 Å². The fourth-order valence-electron chi connectivity index (χ4n) is 3.30. The number of hydrogen-bond acceptors (Lipinski definition) is 6. The van der Waals surface area contributed by atoms with Crippen LogP contribution < -0.4 is 10.6 Å². The van der Waals surface area contributed by atoms with Crippen LogP contribution in [-0.2, 0) is 11.0 Å². The summed E-state index contributed by atoms with van der Waals surface area (Å²) in [4.78, 5) is 17.2. The van der Waals surface area contributed by atoms with Crippen LogP contribution in [0.5, 0.6) is 0 Å². The average molecular weight is 559 g/mol. The minimum Gasteiger partial charge on any atom is -0.348 e. The molecular weight excluding hydrogens is 541 g/mol. The van der Waals surface area contributed by atoms with Crippen molar-refractivity contribution < 1.29 is 18.0 Å². The van der Waals surface area contributed by atoms with Crippen LogP contribution in [-0.4, -0.2) is 16.6 Å². The second-order valence-corrected chi connectivity index (χ2v) is 10.2. The molecule has 0 spiro atoms. The zero-order valence-corrected chi connectivity index (χ0v) is 21.6. The fourth-order valence-corrected chi connectivity index (χ4v) is 5.32. The maximum absolute atomic E-state index is 13.3. The largest absolute Gasteiger partial charge is 0.416 e. The van der Waals surface area contributed by atoms with E-state index in [1.807, 2.05) is 37.3 Å². The van der Waals surface area contributed by atoms with Crippen molar-refractivity contribution in [2.24, 2.45) is 0 Å². The Kier molecular flexibility index (Phi) is 8.07. The summed E-state index contributed by atoms with van der Waals surface area (Å²) in [6, 6.07) is 19.5. The van der Waals surface area contributed by atoms with E-state index in [0.717, 1.165) is 40.2 Å². The minimum absolute atomic E-state index is 0.0250. The molecule has 3 aromatic carbocycles. The first-order valence-electron chi connectivity index (χ1n) is 10.8. The van der Waals surface area contributed by atoms with Gasteiger partial charge in [0.15, 0.2) is 0 Å². The van der Waals surface area contributed by atoms with E-state index in [4.69, 9.17) is 11.6 Å². The molecule has 0 unspecified atom stereocenters. The van der Waals surface area contributed by atoms with Gasteiger partial charge in [-0.15, -0.1) is 11.3 Å². The Morgan fingerprint density at radius 3 is 2.51 bits per heavy atom. The van der Waals surface area contributed by atoms with Gasteiger partial charge in [0.1, 0.15) is 16.6 Å². The molecule has 0 aliphatic heterocycles. The highest BCUT2D eigenvalue weighted by Crippen LogP contribution is 2.37. The molecule has 0 fully saturated rings. The number of para-hydroxylation sites is 2. The van der Waals surface area contributed by atoms with Gasteiger partial charge >= 0.3 is 6.18 Å². The van der Waals surface area contributed by atoms with E-state index in [0.29, 0.717) is 16.2 Å². The summed E-state index contributed by atoms with van der Waals surface area (Å²) in [6.07, 6.45) is -4.59. The molecule has 11 heteroatoms. The fraction of sp³-hybridized carbons (Fsp3) is 0.115. The number of carbonyl (C=O) groups is 1. The first-order valence-corrected chi connectivity index (χ1v) is 13.0. The summed E-state index contributed by atoms with van der Waals surface area (Å²) in [5, 5.41) is 16.2. The van der Waals surface area contributed by atoms with E-state index in [1.165, 1.54) is 11.3 Å². The summed E-state index contributed by atoms with van der Waals surface area (Å²) >= 11 is 8.43. The number of thiazole rings is 1. The SMILES string of the molecule is Cc1ccccc1NC(=O)CSC(Nc1cc(C(F)(F)F)ccc1Cl)=C(C#N)c1nc2ccccc2s1. The number of nitrogens with one attached hydrogen (secondary N) is 2. The number of anilines is 2. The Bertz CT molecular complexity index is 1510. The molecule has 2 N–H and O–H groups in total. The third-order valence-corrected chi connectivity index (χ3v) is 7.54. The van der Waals surface area contributed by atoms with Crippen molar-refractivity contribution in [2.45, 2.75) is 13.1 Å². The van der Waals surface area contributed by atoms with Gasteiger partial charge in [-0.25, -0.2) is 4.98 Å². The molecule has 5 nitrogen and oxygen atoms in total. The highest BCUT2D eigenvalue weighted by Gasteiger charge is 2.31. The van der Waals surface area contributed by atoms with Gasteiger partial charge in [0.05, 0.1) is 37.3 Å². The molecule has 0 aliphatic carbocycles. The predicted molar refractivity (Wildman–Crippen MR) is 144 cm³/mol. The normalized spacial score (nSPS) is 12.1. The van der Waals surface area contributed by atoms with E-state index in [-0.39, 0.29) is 33.0 Å². The number of nitrogens with zero attached hydrogens (tertiary/aromatic N) is 2. The van der Waals surface area contributed by atoms with Crippen molar-refractivity contribution in [2.75, 3.05) is 16.4 Å². The van der Waals surface area contributed by atoms with Gasteiger partial charge in [-0.05, 0) is 48.9 Å². The Morgan fingerprint density at radius 1 is 1.08 bits per heavy atom. The number of carbonyl (C=O) groups excluding carboxylic acids is 1. The van der Waals surface area contributed by atoms with Crippen molar-refractivity contribution in [3.63, 3.8) is 0 Å². The lowest BCUT2D eigenvalue weighted by atomic mass is 10.2. The van der Waals surface area contributed by atoms with E-state index in [9.17, 15) is 23.2 Å². The van der Waals surface area contributed by atoms with E-state index < -0.39 is 11.7 Å². The molecule has 1 amide bonds. The van der Waals surface area contributed by atoms with Crippen LogP contribution in [0, 0.1) is 18.3 Å². The molecule has 0 atom stereocenters. The monoisotopic (exact) mass is 558 g/mol. The number of aromatic nitrogens is 1. The van der Waals surface area contributed by atoms with Crippen LogP contribution in [0.2, 0.25) is 5.02 Å². The number of aryl methyl sites for hydroxylation is 1. The number of fused-ring (bicyclic) bond motifs is 1. The number of rotatable bonds is 7. The summed E-state index contributed by atoms with van der Waals surface area (Å²) < 4.78 is 40.8. The van der Waals surface area contributed by atoms with Crippen molar-refractivity contribution in [3.05, 3.63) is 92.9 Å². The smallest absolute Gasteiger partial charge is 0.348 e. The van der Waals surface area contributed by atoms with Crippen LogP contribution in [0.4, 0.5) is 24.5 Å². The standard InChI is InChI=1S/C26H18ClF3N4OS2/c1-15-6-2-3-7-19(15)32-23(35)14-36-24(34-21-12-16(26(28,29)30)10-11-18(21)27)17(13-31)25-33-20-8-4-5-9-22(20)37-25/h2-12,34H,14H2,1H3,(H,32,35). The maximum atomic E-state index is 13.3. The molecule has 0 saturated heterocycles. The first-order chi connectivity index (χ1) is 17.7. The van der Waals surface area contributed by atoms with Gasteiger partial charge < -0.3 is 10.6 Å². The summed E-state index contributed by atoms with van der Waals surface area (Å²) in [6.45, 7) is 1.85. The Labute approximate surface area is 224 Å². The Morgan fingerprint density at radius 2 is 1.81 bits per heavy atom. The zero-order valence-electron chi connectivity index (χ0n) is 19.2. The van der Waals surface area contributed by atoms with E-state index >= 15 is 0 Å². The predicted octanol–water partition coefficient (Wildman–Crippen LogP) is 7.95. The number of halogens is 4. The van der Waals surface area contributed by atoms with Gasteiger partial charge in [-0.1, -0.05) is 53.7 Å². The highest BCUT2D eigenvalue weighted by atomic mass is 35.5. The topological polar surface area (TPSA) is 77.8 Å². The molecule has 1 aromatic heterocycles. The van der Waals surface area contributed by atoms with Gasteiger partial charge in [0, 0.05) is 5.69 Å². The summed E-state index contributed by atoms with van der Waals surface area (Å²) in [5.41, 5.74) is 1.32. The quantitative estimate of drug-likeness (QED) is 0.225. The van der Waals surface area contributed by atoms with Gasteiger partial charge in [0.25, 0.3) is 0 Å². The Hall–Kier alpha value is -3.52. The third-order valence-electron chi connectivity index (χ3n) is 5.16. The van der Waals surface area contributed by atoms with Gasteiger partial charge in [0.2, 0.25) is 5.91 Å². The third kappa shape index (κ3) is 6.43. The summed E-state index contributed by atoms with van der Waals surface area (Å²) in [5.74, 6) is -0.473. The van der Waals surface area contributed by atoms with Crippen molar-refractivity contribution in [1.29, 1.82) is 5.26 Å². The lowest BCUT2D eigenvalue weighted by Crippen LogP contribution is -2.16. The second kappa shape index (κ2) is 11.3. The Balaban J connectivity index is 1.70. The minimum atomic E-state index is -4.59. The number of nitriles is 1. The van der Waals surface area contributed by atoms with Crippen LogP contribution in [0.3, 0.4) is 0 Å². The van der Waals surface area contributed by atoms with E-state index in [2.05, 4.69) is 21.7 Å².